The molecule has 9 heteroatoms. The van der Waals surface area contributed by atoms with E-state index in [2.05, 4.69) is 5.32 Å². The zero-order valence-corrected chi connectivity index (χ0v) is 17.2. The molecule has 0 aromatic heterocycles. The van der Waals surface area contributed by atoms with Crippen LogP contribution in [0.1, 0.15) is 41.0 Å². The molecule has 1 rings (SSSR count). The molecule has 1 aliphatic heterocycles. The van der Waals surface area contributed by atoms with Crippen molar-refractivity contribution in [3.63, 3.8) is 0 Å². The second-order valence-corrected chi connectivity index (χ2v) is 8.08. The number of hydrogen-bond donors (Lipinski definition) is 2. The van der Waals surface area contributed by atoms with Gasteiger partial charge >= 0.3 is 18.1 Å². The summed E-state index contributed by atoms with van der Waals surface area (Å²) in [5.41, 5.74) is -0.549. The SMILES string of the molecule is CC(C)[C@@H](C(=O)O)N(C)C(=O)N1CC[C@@H](OCCNC(=O)OC(C)(C)C)C1. The van der Waals surface area contributed by atoms with Gasteiger partial charge in [-0.05, 0) is 33.1 Å². The number of rotatable bonds is 7. The largest absolute Gasteiger partial charge is 0.480 e. The van der Waals surface area contributed by atoms with Crippen molar-refractivity contribution in [2.45, 2.75) is 58.8 Å². The molecule has 1 aliphatic rings. The van der Waals surface area contributed by atoms with E-state index in [0.29, 0.717) is 32.7 Å². The summed E-state index contributed by atoms with van der Waals surface area (Å²) >= 11 is 0. The van der Waals surface area contributed by atoms with E-state index in [1.165, 1.54) is 11.9 Å². The molecule has 9 nitrogen and oxygen atoms in total. The standard InChI is InChI=1S/C18H33N3O6/c1-12(2)14(15(22)23)20(6)17(25)21-9-7-13(11-21)26-10-8-19-16(24)27-18(3,4)5/h12-14H,7-11H2,1-6H3,(H,19,24)(H,22,23)/t13-,14+/m1/s1. The lowest BCUT2D eigenvalue weighted by atomic mass is 10.0. The molecule has 1 saturated heterocycles. The molecule has 0 aliphatic carbocycles. The fraction of sp³-hybridized carbons (Fsp3) is 0.833. The van der Waals surface area contributed by atoms with Gasteiger partial charge in [0.15, 0.2) is 0 Å². The van der Waals surface area contributed by atoms with Crippen LogP contribution >= 0.6 is 0 Å². The quantitative estimate of drug-likeness (QED) is 0.645. The summed E-state index contributed by atoms with van der Waals surface area (Å²) < 4.78 is 10.8. The number of hydrogen-bond acceptors (Lipinski definition) is 5. The normalized spacial score (nSPS) is 18.3. The third-order valence-corrected chi connectivity index (χ3v) is 4.14. The van der Waals surface area contributed by atoms with Gasteiger partial charge in [-0.2, -0.15) is 0 Å². The molecule has 0 radical (unpaired) electrons. The average Bonchev–Trinajstić information content (AvgIpc) is 2.97. The molecule has 1 fully saturated rings. The molecule has 2 atom stereocenters. The molecule has 2 N–H and O–H groups in total. The Bertz CT molecular complexity index is 532. The number of amides is 3. The number of carbonyl (C=O) groups excluding carboxylic acids is 2. The van der Waals surface area contributed by atoms with Crippen LogP contribution in [0.2, 0.25) is 0 Å². The number of alkyl carbamates (subject to hydrolysis) is 1. The highest BCUT2D eigenvalue weighted by Crippen LogP contribution is 2.17. The lowest BCUT2D eigenvalue weighted by Crippen LogP contribution is -2.50. The Morgan fingerprint density at radius 3 is 2.44 bits per heavy atom. The lowest BCUT2D eigenvalue weighted by molar-refractivity contribution is -0.143. The van der Waals surface area contributed by atoms with Crippen LogP contribution in [0.5, 0.6) is 0 Å². The maximum Gasteiger partial charge on any atom is 0.407 e. The number of carboxylic acids is 1. The van der Waals surface area contributed by atoms with E-state index in [1.807, 2.05) is 0 Å². The van der Waals surface area contributed by atoms with Gasteiger partial charge in [-0.1, -0.05) is 13.8 Å². The third-order valence-electron chi connectivity index (χ3n) is 4.14. The van der Waals surface area contributed by atoms with Crippen LogP contribution in [-0.2, 0) is 14.3 Å². The molecule has 0 unspecified atom stereocenters. The average molecular weight is 387 g/mol. The van der Waals surface area contributed by atoms with Crippen LogP contribution < -0.4 is 5.32 Å². The number of aliphatic carboxylic acids is 1. The summed E-state index contributed by atoms with van der Waals surface area (Å²) in [6.07, 6.45) is 0.0419. The zero-order chi connectivity index (χ0) is 20.8. The Hall–Kier alpha value is -2.03. The number of likely N-dealkylation sites (N-methyl/N-ethyl adjacent to an activating group) is 1. The Labute approximate surface area is 161 Å². The maximum absolute atomic E-state index is 12.6. The van der Waals surface area contributed by atoms with Crippen LogP contribution in [0, 0.1) is 5.92 Å². The molecule has 156 valence electrons. The molecule has 0 bridgehead atoms. The highest BCUT2D eigenvalue weighted by Gasteiger charge is 2.35. The van der Waals surface area contributed by atoms with Crippen molar-refractivity contribution >= 4 is 18.1 Å². The molecule has 27 heavy (non-hydrogen) atoms. The van der Waals surface area contributed by atoms with E-state index in [9.17, 15) is 19.5 Å². The van der Waals surface area contributed by atoms with Gasteiger partial charge < -0.3 is 29.7 Å². The summed E-state index contributed by atoms with van der Waals surface area (Å²) in [6, 6.07) is -1.18. The molecule has 0 spiro atoms. The van der Waals surface area contributed by atoms with E-state index in [1.54, 1.807) is 39.5 Å². The van der Waals surface area contributed by atoms with Crippen LogP contribution in [0.15, 0.2) is 0 Å². The fourth-order valence-corrected chi connectivity index (χ4v) is 2.97. The first kappa shape index (κ1) is 23.0. The minimum atomic E-state index is -1.01. The fourth-order valence-electron chi connectivity index (χ4n) is 2.97. The zero-order valence-electron chi connectivity index (χ0n) is 17.2. The van der Waals surface area contributed by atoms with Crippen LogP contribution in [-0.4, -0.2) is 84.0 Å². The van der Waals surface area contributed by atoms with Gasteiger partial charge in [0.25, 0.3) is 0 Å². The maximum atomic E-state index is 12.6. The Kier molecular flexibility index (Phi) is 8.33. The summed E-state index contributed by atoms with van der Waals surface area (Å²) in [4.78, 5) is 38.4. The number of likely N-dealkylation sites (tertiary alicyclic amines) is 1. The van der Waals surface area contributed by atoms with Gasteiger partial charge in [-0.3, -0.25) is 0 Å². The van der Waals surface area contributed by atoms with Gasteiger partial charge in [-0.25, -0.2) is 14.4 Å². The summed E-state index contributed by atoms with van der Waals surface area (Å²) in [5, 5.41) is 11.9. The predicted molar refractivity (Wildman–Crippen MR) is 99.6 cm³/mol. The number of urea groups is 1. The van der Waals surface area contributed by atoms with E-state index >= 15 is 0 Å². The molecule has 0 aromatic carbocycles. The van der Waals surface area contributed by atoms with Crippen molar-refractivity contribution in [3.05, 3.63) is 0 Å². The van der Waals surface area contributed by atoms with E-state index in [0.717, 1.165) is 0 Å². The Morgan fingerprint density at radius 1 is 1.30 bits per heavy atom. The van der Waals surface area contributed by atoms with Crippen molar-refractivity contribution in [2.24, 2.45) is 5.92 Å². The topological polar surface area (TPSA) is 108 Å². The summed E-state index contributed by atoms with van der Waals surface area (Å²) in [5.74, 6) is -1.20. The minimum Gasteiger partial charge on any atom is -0.480 e. The van der Waals surface area contributed by atoms with Crippen molar-refractivity contribution in [1.82, 2.24) is 15.1 Å². The monoisotopic (exact) mass is 387 g/mol. The van der Waals surface area contributed by atoms with E-state index in [4.69, 9.17) is 9.47 Å². The van der Waals surface area contributed by atoms with Gasteiger partial charge in [-0.15, -0.1) is 0 Å². The molecule has 1 heterocycles. The molecule has 0 aromatic rings. The van der Waals surface area contributed by atoms with E-state index < -0.39 is 23.7 Å². The van der Waals surface area contributed by atoms with Gasteiger partial charge in [0, 0.05) is 26.7 Å². The Balaban J connectivity index is 2.38. The van der Waals surface area contributed by atoms with Crippen molar-refractivity contribution < 1.29 is 29.0 Å². The predicted octanol–water partition coefficient (Wildman–Crippen LogP) is 1.76. The first-order valence-electron chi connectivity index (χ1n) is 9.25. The van der Waals surface area contributed by atoms with Crippen LogP contribution in [0.3, 0.4) is 0 Å². The molecule has 3 amide bonds. The Morgan fingerprint density at radius 2 is 1.93 bits per heavy atom. The third kappa shape index (κ3) is 7.62. The second-order valence-electron chi connectivity index (χ2n) is 8.08. The van der Waals surface area contributed by atoms with E-state index in [-0.39, 0.29) is 18.1 Å². The van der Waals surface area contributed by atoms with Gasteiger partial charge in [0.2, 0.25) is 0 Å². The first-order valence-corrected chi connectivity index (χ1v) is 9.25. The minimum absolute atomic E-state index is 0.134. The number of nitrogens with one attached hydrogen (secondary N) is 1. The summed E-state index contributed by atoms with van der Waals surface area (Å²) in [7, 11) is 1.51. The number of nitrogens with zero attached hydrogens (tertiary/aromatic N) is 2. The lowest BCUT2D eigenvalue weighted by Gasteiger charge is -2.31. The highest BCUT2D eigenvalue weighted by molar-refractivity contribution is 5.82. The molecular weight excluding hydrogens is 354 g/mol. The van der Waals surface area contributed by atoms with Crippen LogP contribution in [0.4, 0.5) is 9.59 Å². The molecular formula is C18H33N3O6. The number of carboxylic acid groups (broad SMARTS) is 1. The smallest absolute Gasteiger partial charge is 0.407 e. The van der Waals surface area contributed by atoms with Crippen molar-refractivity contribution in [1.29, 1.82) is 0 Å². The summed E-state index contributed by atoms with van der Waals surface area (Å²) in [6.45, 7) is 10.5. The highest BCUT2D eigenvalue weighted by atomic mass is 16.6. The molecule has 0 saturated carbocycles. The second kappa shape index (κ2) is 9.77. The van der Waals surface area contributed by atoms with Crippen LogP contribution in [0.25, 0.3) is 0 Å². The number of ether oxygens (including phenoxy) is 2. The van der Waals surface area contributed by atoms with Crippen molar-refractivity contribution in [3.8, 4) is 0 Å². The first-order chi connectivity index (χ1) is 12.4. The van der Waals surface area contributed by atoms with Crippen molar-refractivity contribution in [2.75, 3.05) is 33.3 Å². The van der Waals surface area contributed by atoms with Gasteiger partial charge in [0.05, 0.1) is 12.7 Å². The van der Waals surface area contributed by atoms with Gasteiger partial charge in [0.1, 0.15) is 11.6 Å². The number of carbonyl (C=O) groups is 3.